The van der Waals surface area contributed by atoms with Crippen molar-refractivity contribution in [3.8, 4) is 11.5 Å². The van der Waals surface area contributed by atoms with Gasteiger partial charge in [0.2, 0.25) is 5.89 Å². The Morgan fingerprint density at radius 2 is 1.97 bits per heavy atom. The molecular weight excluding hydrogens is 434 g/mol. The van der Waals surface area contributed by atoms with Crippen LogP contribution in [0, 0.1) is 0 Å². The fourth-order valence-corrected chi connectivity index (χ4v) is 4.01. The summed E-state index contributed by atoms with van der Waals surface area (Å²) in [5, 5.41) is 2.88. The van der Waals surface area contributed by atoms with Gasteiger partial charge in [-0.15, -0.1) is 0 Å². The Hall–Kier alpha value is -3.36. The number of carbonyl (C=O) groups excluding carboxylic acids is 1. The van der Waals surface area contributed by atoms with Crippen molar-refractivity contribution in [3.63, 3.8) is 0 Å². The zero-order valence-electron chi connectivity index (χ0n) is 19.7. The van der Waals surface area contributed by atoms with Crippen LogP contribution in [0.25, 0.3) is 0 Å². The van der Waals surface area contributed by atoms with Gasteiger partial charge in [-0.3, -0.25) is 9.69 Å². The molecule has 1 aliphatic rings. The number of hydrogen-bond acceptors (Lipinski definition) is 7. The zero-order chi connectivity index (χ0) is 23.8. The number of methoxy groups -OCH3 is 2. The highest BCUT2D eigenvalue weighted by Gasteiger charge is 2.20. The first-order valence-electron chi connectivity index (χ1n) is 11.5. The molecule has 1 aromatic heterocycles. The van der Waals surface area contributed by atoms with E-state index < -0.39 is 0 Å². The van der Waals surface area contributed by atoms with Gasteiger partial charge >= 0.3 is 0 Å². The second-order valence-electron chi connectivity index (χ2n) is 8.28. The van der Waals surface area contributed by atoms with E-state index in [9.17, 15) is 4.79 Å². The maximum atomic E-state index is 12.5. The largest absolute Gasteiger partial charge is 0.497 e. The SMILES string of the molecule is COc1ccc(CN(Cc2ccccc2)Cc2nc(C(=O)NC[C@H]3CCCO3)co2)c(OC)c1. The van der Waals surface area contributed by atoms with Gasteiger partial charge in [0.05, 0.1) is 26.9 Å². The predicted molar refractivity (Wildman–Crippen MR) is 127 cm³/mol. The van der Waals surface area contributed by atoms with E-state index >= 15 is 0 Å². The molecule has 1 aliphatic heterocycles. The van der Waals surface area contributed by atoms with Crippen LogP contribution < -0.4 is 14.8 Å². The van der Waals surface area contributed by atoms with Gasteiger partial charge in [0.1, 0.15) is 17.8 Å². The van der Waals surface area contributed by atoms with Crippen molar-refractivity contribution in [1.29, 1.82) is 0 Å². The number of ether oxygens (including phenoxy) is 3. The van der Waals surface area contributed by atoms with E-state index in [1.165, 1.54) is 6.26 Å². The van der Waals surface area contributed by atoms with E-state index in [1.54, 1.807) is 14.2 Å². The number of amides is 1. The first kappa shape index (κ1) is 23.8. The number of benzene rings is 2. The van der Waals surface area contributed by atoms with E-state index in [2.05, 4.69) is 27.3 Å². The fourth-order valence-electron chi connectivity index (χ4n) is 4.01. The van der Waals surface area contributed by atoms with Crippen molar-refractivity contribution < 1.29 is 23.4 Å². The lowest BCUT2D eigenvalue weighted by Crippen LogP contribution is -2.32. The Balaban J connectivity index is 1.46. The molecule has 0 bridgehead atoms. The first-order valence-corrected chi connectivity index (χ1v) is 11.5. The molecule has 3 aromatic rings. The molecule has 34 heavy (non-hydrogen) atoms. The number of carbonyl (C=O) groups is 1. The standard InChI is InChI=1S/C26H31N3O5/c1-31-21-11-10-20(24(13-21)32-2)16-29(15-19-7-4-3-5-8-19)17-25-28-23(18-34-25)26(30)27-14-22-9-6-12-33-22/h3-5,7-8,10-11,13,18,22H,6,9,12,14-17H2,1-2H3,(H,27,30)/t22-/m1/s1. The molecule has 0 saturated carbocycles. The zero-order valence-corrected chi connectivity index (χ0v) is 19.7. The second-order valence-corrected chi connectivity index (χ2v) is 8.28. The molecule has 2 heterocycles. The summed E-state index contributed by atoms with van der Waals surface area (Å²) < 4.78 is 22.1. The molecule has 1 fully saturated rings. The minimum atomic E-state index is -0.253. The predicted octanol–water partition coefficient (Wildman–Crippen LogP) is 3.80. The third-order valence-electron chi connectivity index (χ3n) is 5.79. The molecule has 4 rings (SSSR count). The molecule has 1 atom stereocenters. The third-order valence-corrected chi connectivity index (χ3v) is 5.79. The minimum absolute atomic E-state index is 0.0798. The van der Waals surface area contributed by atoms with Gasteiger partial charge < -0.3 is 23.9 Å². The lowest BCUT2D eigenvalue weighted by Gasteiger charge is -2.22. The second kappa shape index (κ2) is 11.7. The quantitative estimate of drug-likeness (QED) is 0.461. The molecule has 180 valence electrons. The molecule has 0 spiro atoms. The molecule has 1 amide bonds. The molecule has 8 heteroatoms. The summed E-state index contributed by atoms with van der Waals surface area (Å²) in [6.07, 6.45) is 3.49. The van der Waals surface area contributed by atoms with E-state index in [4.69, 9.17) is 18.6 Å². The number of rotatable bonds is 11. The van der Waals surface area contributed by atoms with Crippen molar-refractivity contribution in [3.05, 3.63) is 77.5 Å². The molecule has 0 unspecified atom stereocenters. The van der Waals surface area contributed by atoms with Crippen molar-refractivity contribution in [2.45, 2.75) is 38.6 Å². The Morgan fingerprint density at radius 3 is 2.71 bits per heavy atom. The Morgan fingerprint density at radius 1 is 1.12 bits per heavy atom. The lowest BCUT2D eigenvalue weighted by molar-refractivity contribution is 0.0853. The first-order chi connectivity index (χ1) is 16.6. The third kappa shape index (κ3) is 6.36. The highest BCUT2D eigenvalue weighted by molar-refractivity contribution is 5.91. The number of nitrogens with zero attached hydrogens (tertiary/aromatic N) is 2. The van der Waals surface area contributed by atoms with E-state index in [1.807, 2.05) is 36.4 Å². The van der Waals surface area contributed by atoms with Gasteiger partial charge in [-0.05, 0) is 24.5 Å². The fraction of sp³-hybridized carbons (Fsp3) is 0.385. The number of hydrogen-bond donors (Lipinski definition) is 1. The minimum Gasteiger partial charge on any atom is -0.497 e. The van der Waals surface area contributed by atoms with Crippen molar-refractivity contribution in [1.82, 2.24) is 15.2 Å². The van der Waals surface area contributed by atoms with E-state index in [0.717, 1.165) is 42.1 Å². The van der Waals surface area contributed by atoms with Crippen LogP contribution in [0.15, 0.2) is 59.2 Å². The van der Waals surface area contributed by atoms with Gasteiger partial charge in [0.25, 0.3) is 5.91 Å². The van der Waals surface area contributed by atoms with Gasteiger partial charge in [0, 0.05) is 37.9 Å². The molecule has 2 aromatic carbocycles. The number of aromatic nitrogens is 1. The summed E-state index contributed by atoms with van der Waals surface area (Å²) >= 11 is 0. The molecule has 8 nitrogen and oxygen atoms in total. The summed E-state index contributed by atoms with van der Waals surface area (Å²) in [7, 11) is 3.28. The van der Waals surface area contributed by atoms with Gasteiger partial charge in [-0.25, -0.2) is 4.98 Å². The normalized spacial score (nSPS) is 15.4. The molecule has 0 radical (unpaired) electrons. The maximum absolute atomic E-state index is 12.5. The smallest absolute Gasteiger partial charge is 0.273 e. The van der Waals surface area contributed by atoms with Crippen LogP contribution in [-0.4, -0.2) is 49.3 Å². The average Bonchev–Trinajstić information content (AvgIpc) is 3.56. The van der Waals surface area contributed by atoms with Gasteiger partial charge in [-0.2, -0.15) is 0 Å². The number of nitrogens with one attached hydrogen (secondary N) is 1. The van der Waals surface area contributed by atoms with Gasteiger partial charge in [-0.1, -0.05) is 36.4 Å². The Bertz CT molecular complexity index is 1060. The average molecular weight is 466 g/mol. The summed E-state index contributed by atoms with van der Waals surface area (Å²) in [5.74, 6) is 1.71. The van der Waals surface area contributed by atoms with Crippen LogP contribution in [0.3, 0.4) is 0 Å². The van der Waals surface area contributed by atoms with Gasteiger partial charge in [0.15, 0.2) is 5.69 Å². The lowest BCUT2D eigenvalue weighted by atomic mass is 10.1. The van der Waals surface area contributed by atoms with Crippen LogP contribution in [0.5, 0.6) is 11.5 Å². The highest BCUT2D eigenvalue weighted by atomic mass is 16.5. The van der Waals surface area contributed by atoms with Crippen LogP contribution in [0.4, 0.5) is 0 Å². The molecule has 1 N–H and O–H groups in total. The maximum Gasteiger partial charge on any atom is 0.273 e. The van der Waals surface area contributed by atoms with E-state index in [-0.39, 0.29) is 17.7 Å². The van der Waals surface area contributed by atoms with Crippen molar-refractivity contribution >= 4 is 5.91 Å². The molecule has 1 saturated heterocycles. The van der Waals surface area contributed by atoms with Crippen molar-refractivity contribution in [2.24, 2.45) is 0 Å². The Labute approximate surface area is 199 Å². The molecule has 0 aliphatic carbocycles. The van der Waals surface area contributed by atoms with Crippen LogP contribution >= 0.6 is 0 Å². The number of oxazole rings is 1. The summed E-state index contributed by atoms with van der Waals surface area (Å²) in [6, 6.07) is 16.0. The molecular formula is C26H31N3O5. The van der Waals surface area contributed by atoms with Crippen molar-refractivity contribution in [2.75, 3.05) is 27.4 Å². The van der Waals surface area contributed by atoms with Crippen LogP contribution in [0.1, 0.15) is 40.3 Å². The summed E-state index contributed by atoms with van der Waals surface area (Å²) in [5.41, 5.74) is 2.45. The summed E-state index contributed by atoms with van der Waals surface area (Å²) in [6.45, 7) is 2.95. The topological polar surface area (TPSA) is 86.1 Å². The highest BCUT2D eigenvalue weighted by Crippen LogP contribution is 2.27. The summed E-state index contributed by atoms with van der Waals surface area (Å²) in [4.78, 5) is 19.1. The Kier molecular flexibility index (Phi) is 8.17. The van der Waals surface area contributed by atoms with Crippen LogP contribution in [0.2, 0.25) is 0 Å². The van der Waals surface area contributed by atoms with E-state index in [0.29, 0.717) is 32.1 Å². The monoisotopic (exact) mass is 465 g/mol. The van der Waals surface area contributed by atoms with Crippen LogP contribution in [-0.2, 0) is 24.4 Å².